The molecule has 0 aromatic heterocycles. The van der Waals surface area contributed by atoms with Gasteiger partial charge in [-0.3, -0.25) is 0 Å². The third-order valence-corrected chi connectivity index (χ3v) is 6.59. The molecule has 1 heterocycles. The summed E-state index contributed by atoms with van der Waals surface area (Å²) in [6, 6.07) is 8.27. The van der Waals surface area contributed by atoms with Crippen LogP contribution in [-0.2, 0) is 25.6 Å². The van der Waals surface area contributed by atoms with Crippen molar-refractivity contribution in [3.63, 3.8) is 0 Å². The van der Waals surface area contributed by atoms with Crippen LogP contribution in [0, 0.1) is 11.3 Å². The summed E-state index contributed by atoms with van der Waals surface area (Å²) < 4.78 is 48.2. The molecule has 0 N–H and O–H groups in total. The highest BCUT2D eigenvalue weighted by molar-refractivity contribution is 7.92. The smallest absolute Gasteiger partial charge is 0.218 e. The van der Waals surface area contributed by atoms with Crippen molar-refractivity contribution in [1.29, 1.82) is 5.26 Å². The van der Waals surface area contributed by atoms with Gasteiger partial charge in [-0.25, -0.2) is 16.8 Å². The van der Waals surface area contributed by atoms with Gasteiger partial charge in [-0.2, -0.15) is 9.57 Å². The molecule has 0 atom stereocenters. The van der Waals surface area contributed by atoms with E-state index in [9.17, 15) is 16.8 Å². The van der Waals surface area contributed by atoms with Crippen molar-refractivity contribution >= 4 is 19.9 Å². The Hall–Kier alpha value is -1.43. The van der Waals surface area contributed by atoms with Crippen LogP contribution in [0.25, 0.3) is 0 Å². The minimum absolute atomic E-state index is 0.0148. The summed E-state index contributed by atoms with van der Waals surface area (Å²) in [5.74, 6) is -0.433. The second kappa shape index (κ2) is 5.52. The van der Waals surface area contributed by atoms with Gasteiger partial charge in [0.05, 0.1) is 28.9 Å². The molecule has 6 nitrogen and oxygen atoms in total. The molecule has 108 valence electrons. The van der Waals surface area contributed by atoms with Crippen molar-refractivity contribution < 1.29 is 16.8 Å². The molecule has 0 bridgehead atoms. The zero-order chi connectivity index (χ0) is 14.8. The number of benzene rings is 1. The Balaban J connectivity index is 2.09. The maximum atomic E-state index is 12.2. The highest BCUT2D eigenvalue weighted by Gasteiger charge is 2.29. The fourth-order valence-corrected chi connectivity index (χ4v) is 4.92. The topological polar surface area (TPSA) is 95.3 Å². The minimum Gasteiger partial charge on any atom is -0.229 e. The maximum Gasteiger partial charge on any atom is 0.218 e. The lowest BCUT2D eigenvalue weighted by molar-refractivity contribution is 0.430. The number of nitrogens with zero attached hydrogens (tertiary/aromatic N) is 2. The SMILES string of the molecule is N#Cc1ccc(CS(=O)(=O)N2CCS(=O)(=O)CC2)cc1. The fraction of sp³-hybridized carbons (Fsp3) is 0.417. The average Bonchev–Trinajstić information content (AvgIpc) is 2.38. The molecular formula is C12H14N2O4S2. The first-order valence-electron chi connectivity index (χ1n) is 6.00. The first-order valence-corrected chi connectivity index (χ1v) is 9.43. The quantitative estimate of drug-likeness (QED) is 0.789. The van der Waals surface area contributed by atoms with Gasteiger partial charge < -0.3 is 0 Å². The number of sulfone groups is 1. The average molecular weight is 314 g/mol. The molecule has 1 aromatic rings. The molecular weight excluding hydrogens is 300 g/mol. The summed E-state index contributed by atoms with van der Waals surface area (Å²) in [5.41, 5.74) is 1.05. The number of hydrogen-bond acceptors (Lipinski definition) is 5. The van der Waals surface area contributed by atoms with E-state index in [-0.39, 0.29) is 30.3 Å². The zero-order valence-corrected chi connectivity index (χ0v) is 12.3. The maximum absolute atomic E-state index is 12.2. The molecule has 0 amide bonds. The molecule has 1 fully saturated rings. The van der Waals surface area contributed by atoms with Gasteiger partial charge in [0.15, 0.2) is 9.84 Å². The molecule has 2 rings (SSSR count). The molecule has 20 heavy (non-hydrogen) atoms. The minimum atomic E-state index is -3.52. The van der Waals surface area contributed by atoms with E-state index in [1.807, 2.05) is 6.07 Å². The molecule has 1 aliphatic rings. The van der Waals surface area contributed by atoms with E-state index in [0.29, 0.717) is 11.1 Å². The Morgan fingerprint density at radius 3 is 2.20 bits per heavy atom. The van der Waals surface area contributed by atoms with Gasteiger partial charge >= 0.3 is 0 Å². The lowest BCUT2D eigenvalue weighted by Crippen LogP contribution is -2.44. The van der Waals surface area contributed by atoms with Gasteiger partial charge in [0.1, 0.15) is 0 Å². The van der Waals surface area contributed by atoms with Crippen molar-refractivity contribution in [2.75, 3.05) is 24.6 Å². The van der Waals surface area contributed by atoms with E-state index < -0.39 is 19.9 Å². The van der Waals surface area contributed by atoms with Crippen LogP contribution < -0.4 is 0 Å². The second-order valence-electron chi connectivity index (χ2n) is 4.62. The Kier molecular flexibility index (Phi) is 4.13. The van der Waals surface area contributed by atoms with Crippen LogP contribution in [0.3, 0.4) is 0 Å². The first-order chi connectivity index (χ1) is 9.32. The van der Waals surface area contributed by atoms with Crippen LogP contribution >= 0.6 is 0 Å². The number of rotatable bonds is 3. The van der Waals surface area contributed by atoms with Crippen LogP contribution in [0.1, 0.15) is 11.1 Å². The summed E-state index contributed by atoms with van der Waals surface area (Å²) in [7, 11) is -6.62. The Bertz CT molecular complexity index is 717. The van der Waals surface area contributed by atoms with Crippen LogP contribution in [0.2, 0.25) is 0 Å². The highest BCUT2D eigenvalue weighted by Crippen LogP contribution is 2.15. The molecule has 1 aromatic carbocycles. The molecule has 0 aliphatic carbocycles. The number of sulfonamides is 1. The first kappa shape index (κ1) is 15.0. The van der Waals surface area contributed by atoms with E-state index >= 15 is 0 Å². The van der Waals surface area contributed by atoms with Crippen molar-refractivity contribution in [3.8, 4) is 6.07 Å². The summed E-state index contributed by atoms with van der Waals surface area (Å²) >= 11 is 0. The molecule has 0 radical (unpaired) electrons. The Morgan fingerprint density at radius 1 is 1.15 bits per heavy atom. The van der Waals surface area contributed by atoms with E-state index in [1.165, 1.54) is 4.31 Å². The zero-order valence-electron chi connectivity index (χ0n) is 10.7. The van der Waals surface area contributed by atoms with Gasteiger partial charge in [0.25, 0.3) is 0 Å². The van der Waals surface area contributed by atoms with E-state index in [1.54, 1.807) is 24.3 Å². The van der Waals surface area contributed by atoms with E-state index in [4.69, 9.17) is 5.26 Å². The van der Waals surface area contributed by atoms with Crippen LogP contribution in [0.15, 0.2) is 24.3 Å². The predicted molar refractivity (Wildman–Crippen MR) is 74.0 cm³/mol. The molecule has 0 unspecified atom stereocenters. The standard InChI is InChI=1S/C12H14N2O4S2/c13-9-11-1-3-12(4-2-11)10-20(17,18)14-5-7-19(15,16)8-6-14/h1-4H,5-8,10H2. The van der Waals surface area contributed by atoms with Crippen LogP contribution in [-0.4, -0.2) is 45.7 Å². The third-order valence-electron chi connectivity index (χ3n) is 3.13. The van der Waals surface area contributed by atoms with Gasteiger partial charge in [-0.05, 0) is 17.7 Å². The Morgan fingerprint density at radius 2 is 1.70 bits per heavy atom. The lowest BCUT2D eigenvalue weighted by atomic mass is 10.2. The molecule has 0 spiro atoms. The van der Waals surface area contributed by atoms with E-state index in [0.717, 1.165) is 0 Å². The largest absolute Gasteiger partial charge is 0.229 e. The van der Waals surface area contributed by atoms with Gasteiger partial charge in [-0.15, -0.1) is 0 Å². The van der Waals surface area contributed by atoms with Crippen molar-refractivity contribution in [2.45, 2.75) is 5.75 Å². The summed E-state index contributed by atoms with van der Waals surface area (Å²) in [6.07, 6.45) is 0. The second-order valence-corrected chi connectivity index (χ2v) is 8.89. The van der Waals surface area contributed by atoms with Gasteiger partial charge in [-0.1, -0.05) is 12.1 Å². The Labute approximate surface area is 118 Å². The molecule has 0 saturated carbocycles. The lowest BCUT2D eigenvalue weighted by Gasteiger charge is -2.25. The van der Waals surface area contributed by atoms with Gasteiger partial charge in [0.2, 0.25) is 10.0 Å². The molecule has 1 saturated heterocycles. The number of hydrogen-bond donors (Lipinski definition) is 0. The van der Waals surface area contributed by atoms with Crippen LogP contribution in [0.4, 0.5) is 0 Å². The van der Waals surface area contributed by atoms with Gasteiger partial charge in [0, 0.05) is 13.1 Å². The number of nitriles is 1. The molecule has 1 aliphatic heterocycles. The van der Waals surface area contributed by atoms with E-state index in [2.05, 4.69) is 0 Å². The van der Waals surface area contributed by atoms with Crippen LogP contribution in [0.5, 0.6) is 0 Å². The normalized spacial score (nSPS) is 19.4. The molecule has 8 heteroatoms. The summed E-state index contributed by atoms with van der Waals surface area (Å²) in [6.45, 7) is 0.0297. The van der Waals surface area contributed by atoms with Crippen molar-refractivity contribution in [3.05, 3.63) is 35.4 Å². The predicted octanol–water partition coefficient (Wildman–Crippen LogP) is 0.118. The van der Waals surface area contributed by atoms with Crippen molar-refractivity contribution in [1.82, 2.24) is 4.31 Å². The monoisotopic (exact) mass is 314 g/mol. The highest BCUT2D eigenvalue weighted by atomic mass is 32.2. The summed E-state index contributed by atoms with van der Waals surface area (Å²) in [5, 5.41) is 8.68. The summed E-state index contributed by atoms with van der Waals surface area (Å²) in [4.78, 5) is 0. The third kappa shape index (κ3) is 3.56. The van der Waals surface area contributed by atoms with Crippen molar-refractivity contribution in [2.24, 2.45) is 0 Å². The fourth-order valence-electron chi connectivity index (χ4n) is 1.95.